The highest BCUT2D eigenvalue weighted by Crippen LogP contribution is 2.14. The fourth-order valence-electron chi connectivity index (χ4n) is 2.31. The molecule has 0 fully saturated rings. The van der Waals surface area contributed by atoms with Crippen LogP contribution in [0.4, 0.5) is 0 Å². The molecule has 2 aromatic rings. The van der Waals surface area contributed by atoms with E-state index in [0.29, 0.717) is 17.2 Å². The molecular weight excluding hydrogens is 288 g/mol. The van der Waals surface area contributed by atoms with Gasteiger partial charge in [-0.1, -0.05) is 28.9 Å². The first-order chi connectivity index (χ1) is 9.95. The third-order valence-electron chi connectivity index (χ3n) is 3.36. The van der Waals surface area contributed by atoms with Gasteiger partial charge in [-0.2, -0.15) is 0 Å². The molecule has 1 aromatic carbocycles. The van der Waals surface area contributed by atoms with Gasteiger partial charge in [0.15, 0.2) is 0 Å². The van der Waals surface area contributed by atoms with E-state index in [1.54, 1.807) is 0 Å². The van der Waals surface area contributed by atoms with Gasteiger partial charge in [-0.3, -0.25) is 4.79 Å². The number of aryl methyl sites for hydroxylation is 2. The van der Waals surface area contributed by atoms with Crippen molar-refractivity contribution in [1.29, 1.82) is 0 Å². The molecule has 0 bridgehead atoms. The molecule has 0 saturated carbocycles. The van der Waals surface area contributed by atoms with Gasteiger partial charge in [-0.25, -0.2) is 0 Å². The number of benzene rings is 1. The van der Waals surface area contributed by atoms with Crippen molar-refractivity contribution in [2.75, 3.05) is 0 Å². The molecule has 1 heterocycles. The van der Waals surface area contributed by atoms with Gasteiger partial charge in [-0.05, 0) is 44.9 Å². The largest absolute Gasteiger partial charge is 0.361 e. The van der Waals surface area contributed by atoms with E-state index in [0.717, 1.165) is 23.2 Å². The predicted molar refractivity (Wildman–Crippen MR) is 82.4 cm³/mol. The van der Waals surface area contributed by atoms with Gasteiger partial charge < -0.3 is 9.84 Å². The Labute approximate surface area is 129 Å². The molecule has 112 valence electrons. The second kappa shape index (κ2) is 6.76. The van der Waals surface area contributed by atoms with Crippen molar-refractivity contribution >= 4 is 17.5 Å². The maximum atomic E-state index is 12.1. The molecule has 1 amide bonds. The summed E-state index contributed by atoms with van der Waals surface area (Å²) in [5.74, 6) is 0.670. The second-order valence-corrected chi connectivity index (χ2v) is 5.72. The minimum atomic E-state index is -0.0288. The van der Waals surface area contributed by atoms with E-state index >= 15 is 0 Å². The Balaban J connectivity index is 1.90. The van der Waals surface area contributed by atoms with E-state index in [1.165, 1.54) is 0 Å². The Morgan fingerprint density at radius 1 is 1.43 bits per heavy atom. The summed E-state index contributed by atoms with van der Waals surface area (Å²) in [4.78, 5) is 12.1. The van der Waals surface area contributed by atoms with Crippen molar-refractivity contribution in [3.63, 3.8) is 0 Å². The van der Waals surface area contributed by atoms with Crippen LogP contribution in [0.1, 0.15) is 29.5 Å². The van der Waals surface area contributed by atoms with Gasteiger partial charge in [-0.15, -0.1) is 0 Å². The number of rotatable bonds is 5. The Morgan fingerprint density at radius 2 is 2.19 bits per heavy atom. The Bertz CT molecular complexity index is 617. The summed E-state index contributed by atoms with van der Waals surface area (Å²) in [7, 11) is 0. The van der Waals surface area contributed by atoms with Crippen molar-refractivity contribution in [2.24, 2.45) is 0 Å². The molecule has 0 aliphatic rings. The first-order valence-electron chi connectivity index (χ1n) is 6.91. The van der Waals surface area contributed by atoms with Crippen LogP contribution in [-0.4, -0.2) is 17.1 Å². The van der Waals surface area contributed by atoms with Crippen molar-refractivity contribution in [2.45, 2.75) is 39.7 Å². The summed E-state index contributed by atoms with van der Waals surface area (Å²) >= 11 is 5.96. The van der Waals surface area contributed by atoms with Crippen LogP contribution in [0, 0.1) is 13.8 Å². The first kappa shape index (κ1) is 15.6. The molecule has 2 rings (SSSR count). The van der Waals surface area contributed by atoms with Crippen molar-refractivity contribution in [1.82, 2.24) is 10.5 Å². The maximum Gasteiger partial charge on any atom is 0.224 e. The number of carbonyl (C=O) groups excluding carboxylic acids is 1. The fraction of sp³-hybridized carbons (Fsp3) is 0.375. The maximum absolute atomic E-state index is 12.1. The van der Waals surface area contributed by atoms with Crippen LogP contribution < -0.4 is 5.32 Å². The lowest BCUT2D eigenvalue weighted by Crippen LogP contribution is -2.35. The van der Waals surface area contributed by atoms with E-state index in [1.807, 2.05) is 45.0 Å². The van der Waals surface area contributed by atoms with Gasteiger partial charge in [0.2, 0.25) is 5.91 Å². The third kappa shape index (κ3) is 4.33. The topological polar surface area (TPSA) is 55.1 Å². The Morgan fingerprint density at radius 3 is 2.81 bits per heavy atom. The number of hydrogen-bond acceptors (Lipinski definition) is 3. The number of aromatic nitrogens is 1. The summed E-state index contributed by atoms with van der Waals surface area (Å²) < 4.78 is 5.07. The minimum Gasteiger partial charge on any atom is -0.361 e. The van der Waals surface area contributed by atoms with Crippen molar-refractivity contribution in [3.05, 3.63) is 51.9 Å². The predicted octanol–water partition coefficient (Wildman–Crippen LogP) is 3.23. The molecule has 0 aliphatic carbocycles. The molecule has 1 atom stereocenters. The highest BCUT2D eigenvalue weighted by Gasteiger charge is 2.15. The number of carbonyl (C=O) groups is 1. The van der Waals surface area contributed by atoms with Gasteiger partial charge in [0.05, 0.1) is 12.1 Å². The lowest BCUT2D eigenvalue weighted by molar-refractivity contribution is -0.121. The van der Waals surface area contributed by atoms with Crippen molar-refractivity contribution in [3.8, 4) is 0 Å². The SMILES string of the molecule is Cc1noc(C)c1CC(=O)N[C@H](C)Cc1cccc(Cl)c1. The second-order valence-electron chi connectivity index (χ2n) is 5.28. The monoisotopic (exact) mass is 306 g/mol. The molecule has 1 aromatic heterocycles. The van der Waals surface area contributed by atoms with Gasteiger partial charge in [0.1, 0.15) is 5.76 Å². The molecule has 0 aliphatic heterocycles. The van der Waals surface area contributed by atoms with Crippen LogP contribution >= 0.6 is 11.6 Å². The summed E-state index contributed by atoms with van der Waals surface area (Å²) in [5, 5.41) is 7.56. The zero-order chi connectivity index (χ0) is 15.4. The zero-order valence-corrected chi connectivity index (χ0v) is 13.2. The summed E-state index contributed by atoms with van der Waals surface area (Å²) in [6.45, 7) is 5.64. The quantitative estimate of drug-likeness (QED) is 0.922. The third-order valence-corrected chi connectivity index (χ3v) is 3.59. The Hall–Kier alpha value is -1.81. The van der Waals surface area contributed by atoms with Crippen LogP contribution in [0.15, 0.2) is 28.8 Å². The number of nitrogens with zero attached hydrogens (tertiary/aromatic N) is 1. The molecule has 21 heavy (non-hydrogen) atoms. The molecule has 0 spiro atoms. The van der Waals surface area contributed by atoms with Gasteiger partial charge in [0.25, 0.3) is 0 Å². The number of halogens is 1. The van der Waals surface area contributed by atoms with Gasteiger partial charge in [0, 0.05) is 16.6 Å². The fourth-order valence-corrected chi connectivity index (χ4v) is 2.52. The summed E-state index contributed by atoms with van der Waals surface area (Å²) in [5.41, 5.74) is 2.74. The van der Waals surface area contributed by atoms with Crippen LogP contribution in [-0.2, 0) is 17.6 Å². The summed E-state index contributed by atoms with van der Waals surface area (Å²) in [6, 6.07) is 7.71. The molecule has 0 saturated heterocycles. The van der Waals surface area contributed by atoms with Crippen LogP contribution in [0.25, 0.3) is 0 Å². The van der Waals surface area contributed by atoms with Crippen LogP contribution in [0.3, 0.4) is 0 Å². The highest BCUT2D eigenvalue weighted by atomic mass is 35.5. The molecular formula is C16H19ClN2O2. The lowest BCUT2D eigenvalue weighted by atomic mass is 10.1. The van der Waals surface area contributed by atoms with Crippen molar-refractivity contribution < 1.29 is 9.32 Å². The van der Waals surface area contributed by atoms with Crippen LogP contribution in [0.5, 0.6) is 0 Å². The molecule has 1 N–H and O–H groups in total. The lowest BCUT2D eigenvalue weighted by Gasteiger charge is -2.14. The van der Waals surface area contributed by atoms with Gasteiger partial charge >= 0.3 is 0 Å². The van der Waals surface area contributed by atoms with E-state index in [4.69, 9.17) is 16.1 Å². The summed E-state index contributed by atoms with van der Waals surface area (Å²) in [6.07, 6.45) is 1.04. The molecule has 5 heteroatoms. The van der Waals surface area contributed by atoms with E-state index < -0.39 is 0 Å². The molecule has 4 nitrogen and oxygen atoms in total. The minimum absolute atomic E-state index is 0.0288. The molecule has 0 unspecified atom stereocenters. The normalized spacial score (nSPS) is 12.2. The highest BCUT2D eigenvalue weighted by molar-refractivity contribution is 6.30. The first-order valence-corrected chi connectivity index (χ1v) is 7.29. The Kier molecular flexibility index (Phi) is 5.02. The average Bonchev–Trinajstić information content (AvgIpc) is 2.70. The van der Waals surface area contributed by atoms with Crippen LogP contribution in [0.2, 0.25) is 5.02 Å². The van der Waals surface area contributed by atoms with E-state index in [2.05, 4.69) is 10.5 Å². The molecule has 0 radical (unpaired) electrons. The average molecular weight is 307 g/mol. The smallest absolute Gasteiger partial charge is 0.224 e. The van der Waals surface area contributed by atoms with E-state index in [9.17, 15) is 4.79 Å². The standard InChI is InChI=1S/C16H19ClN2O2/c1-10(7-13-5-4-6-14(17)8-13)18-16(20)9-15-11(2)19-21-12(15)3/h4-6,8,10H,7,9H2,1-3H3,(H,18,20)/t10-/m1/s1. The zero-order valence-electron chi connectivity index (χ0n) is 12.4. The van der Waals surface area contributed by atoms with E-state index in [-0.39, 0.29) is 11.9 Å². The number of amides is 1. The number of nitrogens with one attached hydrogen (secondary N) is 1. The number of hydrogen-bond donors (Lipinski definition) is 1.